The van der Waals surface area contributed by atoms with Crippen LogP contribution in [-0.4, -0.2) is 58.9 Å². The molecule has 2 atom stereocenters. The highest BCUT2D eigenvalue weighted by Gasteiger charge is 2.49. The summed E-state index contributed by atoms with van der Waals surface area (Å²) < 4.78 is 0. The number of carboxylic acid groups (broad SMARTS) is 1. The molecule has 0 aromatic heterocycles. The van der Waals surface area contributed by atoms with Crippen molar-refractivity contribution >= 4 is 17.8 Å². The summed E-state index contributed by atoms with van der Waals surface area (Å²) in [5.41, 5.74) is -0.831. The summed E-state index contributed by atoms with van der Waals surface area (Å²) in [6, 6.07) is 0. The second-order valence-electron chi connectivity index (χ2n) is 7.55. The molecule has 0 saturated carbocycles. The maximum atomic E-state index is 12.9. The maximum absolute atomic E-state index is 12.9. The van der Waals surface area contributed by atoms with Crippen LogP contribution < -0.4 is 0 Å². The summed E-state index contributed by atoms with van der Waals surface area (Å²) in [5, 5.41) is 9.63. The van der Waals surface area contributed by atoms with Crippen LogP contribution in [0.3, 0.4) is 0 Å². The molecule has 2 aliphatic heterocycles. The zero-order chi connectivity index (χ0) is 17.9. The standard InChI is InChI=1S/C18H30N2O4/c1-4-6-15(21)19-9-5-7-14(11-19)16(22)20-10-8-18(12-20,13(2)3)17(23)24/h13-14H,4-12H2,1-3H3,(H,23,24)/t14-,18-/m0/s1. The summed E-state index contributed by atoms with van der Waals surface area (Å²) in [6.45, 7) is 7.80. The number of rotatable bonds is 5. The highest BCUT2D eigenvalue weighted by molar-refractivity contribution is 5.83. The van der Waals surface area contributed by atoms with E-state index in [-0.39, 0.29) is 30.2 Å². The molecule has 2 aliphatic rings. The minimum absolute atomic E-state index is 0.0122. The number of likely N-dealkylation sites (tertiary alicyclic amines) is 2. The van der Waals surface area contributed by atoms with Crippen molar-refractivity contribution in [1.29, 1.82) is 0 Å². The summed E-state index contributed by atoms with van der Waals surface area (Å²) in [4.78, 5) is 40.2. The Morgan fingerprint density at radius 3 is 2.46 bits per heavy atom. The van der Waals surface area contributed by atoms with Crippen LogP contribution in [0.4, 0.5) is 0 Å². The van der Waals surface area contributed by atoms with Gasteiger partial charge in [0, 0.05) is 32.6 Å². The number of hydrogen-bond donors (Lipinski definition) is 1. The average Bonchev–Trinajstić information content (AvgIpc) is 3.01. The Kier molecular flexibility index (Phi) is 5.88. The van der Waals surface area contributed by atoms with Crippen LogP contribution in [0.1, 0.15) is 52.9 Å². The second-order valence-corrected chi connectivity index (χ2v) is 7.55. The highest BCUT2D eigenvalue weighted by atomic mass is 16.4. The van der Waals surface area contributed by atoms with Gasteiger partial charge >= 0.3 is 5.97 Å². The van der Waals surface area contributed by atoms with Crippen molar-refractivity contribution in [2.75, 3.05) is 26.2 Å². The lowest BCUT2D eigenvalue weighted by Crippen LogP contribution is -2.47. The quantitative estimate of drug-likeness (QED) is 0.831. The van der Waals surface area contributed by atoms with Gasteiger partial charge in [0.2, 0.25) is 11.8 Å². The van der Waals surface area contributed by atoms with Crippen molar-refractivity contribution in [2.24, 2.45) is 17.3 Å². The topological polar surface area (TPSA) is 77.9 Å². The number of carbonyl (C=O) groups is 3. The Bertz CT molecular complexity index is 505. The molecular formula is C18H30N2O4. The molecule has 2 heterocycles. The zero-order valence-electron chi connectivity index (χ0n) is 15.1. The molecule has 0 aromatic rings. The van der Waals surface area contributed by atoms with Gasteiger partial charge in [0.05, 0.1) is 11.3 Å². The van der Waals surface area contributed by atoms with Crippen LogP contribution in [0.2, 0.25) is 0 Å². The first-order valence-electron chi connectivity index (χ1n) is 9.11. The van der Waals surface area contributed by atoms with Gasteiger partial charge in [0.1, 0.15) is 0 Å². The lowest BCUT2D eigenvalue weighted by atomic mass is 9.76. The van der Waals surface area contributed by atoms with Gasteiger partial charge < -0.3 is 14.9 Å². The molecule has 6 heteroatoms. The van der Waals surface area contributed by atoms with E-state index in [9.17, 15) is 19.5 Å². The molecule has 2 fully saturated rings. The van der Waals surface area contributed by atoms with Crippen molar-refractivity contribution in [3.8, 4) is 0 Å². The first-order chi connectivity index (χ1) is 11.3. The molecule has 0 aliphatic carbocycles. The molecule has 2 amide bonds. The third-order valence-electron chi connectivity index (χ3n) is 5.73. The average molecular weight is 338 g/mol. The number of hydrogen-bond acceptors (Lipinski definition) is 3. The SMILES string of the molecule is CCCC(=O)N1CCC[C@H](C(=O)N2CC[C@@](C(=O)O)(C(C)C)C2)C1. The molecule has 0 aromatic carbocycles. The summed E-state index contributed by atoms with van der Waals surface area (Å²) in [5.74, 6) is -0.861. The molecule has 0 unspecified atom stereocenters. The molecule has 0 radical (unpaired) electrons. The number of carbonyl (C=O) groups excluding carboxylic acids is 2. The summed E-state index contributed by atoms with van der Waals surface area (Å²) >= 11 is 0. The van der Waals surface area contributed by atoms with E-state index < -0.39 is 11.4 Å². The Morgan fingerprint density at radius 2 is 1.92 bits per heavy atom. The fourth-order valence-electron chi connectivity index (χ4n) is 3.95. The Morgan fingerprint density at radius 1 is 1.21 bits per heavy atom. The fourth-order valence-corrected chi connectivity index (χ4v) is 3.95. The summed E-state index contributed by atoms with van der Waals surface area (Å²) in [7, 11) is 0. The highest BCUT2D eigenvalue weighted by Crippen LogP contribution is 2.39. The van der Waals surface area contributed by atoms with Gasteiger partial charge in [-0.3, -0.25) is 14.4 Å². The van der Waals surface area contributed by atoms with Crippen molar-refractivity contribution in [1.82, 2.24) is 9.80 Å². The van der Waals surface area contributed by atoms with Gasteiger partial charge in [0.25, 0.3) is 0 Å². The van der Waals surface area contributed by atoms with E-state index in [0.717, 1.165) is 25.8 Å². The van der Waals surface area contributed by atoms with Gasteiger partial charge in [-0.15, -0.1) is 0 Å². The van der Waals surface area contributed by atoms with Gasteiger partial charge in [-0.05, 0) is 31.6 Å². The van der Waals surface area contributed by atoms with Gasteiger partial charge in [-0.2, -0.15) is 0 Å². The summed E-state index contributed by atoms with van der Waals surface area (Å²) in [6.07, 6.45) is 3.48. The monoisotopic (exact) mass is 338 g/mol. The van der Waals surface area contributed by atoms with Crippen molar-refractivity contribution in [3.63, 3.8) is 0 Å². The van der Waals surface area contributed by atoms with E-state index in [4.69, 9.17) is 0 Å². The molecule has 0 bridgehead atoms. The van der Waals surface area contributed by atoms with E-state index in [0.29, 0.717) is 25.9 Å². The smallest absolute Gasteiger partial charge is 0.311 e. The predicted molar refractivity (Wildman–Crippen MR) is 90.3 cm³/mol. The largest absolute Gasteiger partial charge is 0.481 e. The third-order valence-corrected chi connectivity index (χ3v) is 5.73. The number of nitrogens with zero attached hydrogens (tertiary/aromatic N) is 2. The molecule has 24 heavy (non-hydrogen) atoms. The van der Waals surface area contributed by atoms with Crippen LogP contribution in [-0.2, 0) is 14.4 Å². The predicted octanol–water partition coefficient (Wildman–Crippen LogP) is 1.98. The van der Waals surface area contributed by atoms with Crippen LogP contribution in [0, 0.1) is 17.3 Å². The fraction of sp³-hybridized carbons (Fsp3) is 0.833. The molecule has 136 valence electrons. The van der Waals surface area contributed by atoms with Gasteiger partial charge in [-0.25, -0.2) is 0 Å². The van der Waals surface area contributed by atoms with Crippen LogP contribution >= 0.6 is 0 Å². The van der Waals surface area contributed by atoms with E-state index in [1.54, 1.807) is 9.80 Å². The second kappa shape index (κ2) is 7.53. The molecular weight excluding hydrogens is 308 g/mol. The minimum atomic E-state index is -0.831. The van der Waals surface area contributed by atoms with Crippen molar-refractivity contribution in [3.05, 3.63) is 0 Å². The molecule has 2 rings (SSSR count). The van der Waals surface area contributed by atoms with Crippen molar-refractivity contribution < 1.29 is 19.5 Å². The molecule has 1 N–H and O–H groups in total. The van der Waals surface area contributed by atoms with Crippen LogP contribution in [0.25, 0.3) is 0 Å². The third kappa shape index (κ3) is 3.57. The number of aliphatic carboxylic acids is 1. The molecule has 2 saturated heterocycles. The Labute approximate surface area is 144 Å². The lowest BCUT2D eigenvalue weighted by Gasteiger charge is -2.35. The lowest BCUT2D eigenvalue weighted by molar-refractivity contribution is -0.151. The maximum Gasteiger partial charge on any atom is 0.311 e. The van der Waals surface area contributed by atoms with Gasteiger partial charge in [-0.1, -0.05) is 20.8 Å². The molecule has 6 nitrogen and oxygen atoms in total. The van der Waals surface area contributed by atoms with E-state index in [2.05, 4.69) is 0 Å². The minimum Gasteiger partial charge on any atom is -0.481 e. The number of amides is 2. The normalized spacial score (nSPS) is 27.6. The first kappa shape index (κ1) is 18.7. The zero-order valence-corrected chi connectivity index (χ0v) is 15.1. The van der Waals surface area contributed by atoms with Crippen LogP contribution in [0.5, 0.6) is 0 Å². The van der Waals surface area contributed by atoms with E-state index >= 15 is 0 Å². The Hall–Kier alpha value is -1.59. The first-order valence-corrected chi connectivity index (χ1v) is 9.11. The van der Waals surface area contributed by atoms with E-state index in [1.807, 2.05) is 20.8 Å². The number of carboxylic acids is 1. The Balaban J connectivity index is 2.02. The number of piperidine rings is 1. The molecule has 0 spiro atoms. The van der Waals surface area contributed by atoms with Gasteiger partial charge in [0.15, 0.2) is 0 Å². The van der Waals surface area contributed by atoms with Crippen LogP contribution in [0.15, 0.2) is 0 Å². The van der Waals surface area contributed by atoms with Crippen molar-refractivity contribution in [2.45, 2.75) is 52.9 Å². The van der Waals surface area contributed by atoms with E-state index in [1.165, 1.54) is 0 Å².